The number of pyridine rings is 1. The van der Waals surface area contributed by atoms with Crippen LogP contribution in [0.3, 0.4) is 0 Å². The van der Waals surface area contributed by atoms with Crippen molar-refractivity contribution >= 4 is 6.09 Å². The Morgan fingerprint density at radius 1 is 0.970 bits per heavy atom. The zero-order valence-electron chi connectivity index (χ0n) is 19.2. The van der Waals surface area contributed by atoms with E-state index >= 15 is 0 Å². The Kier molecular flexibility index (Phi) is 7.84. The van der Waals surface area contributed by atoms with Gasteiger partial charge in [0.15, 0.2) is 0 Å². The van der Waals surface area contributed by atoms with Gasteiger partial charge in [-0.25, -0.2) is 9.78 Å². The molecule has 0 saturated carbocycles. The number of halogens is 3. The zero-order chi connectivity index (χ0) is 24.1. The van der Waals surface area contributed by atoms with Crippen LogP contribution in [0.4, 0.5) is 18.0 Å². The first-order valence-electron chi connectivity index (χ1n) is 10.9. The van der Waals surface area contributed by atoms with Crippen molar-refractivity contribution in [1.82, 2.24) is 14.8 Å². The van der Waals surface area contributed by atoms with E-state index in [0.717, 1.165) is 37.5 Å². The third-order valence-electron chi connectivity index (χ3n) is 5.16. The Labute approximate surface area is 192 Å². The summed E-state index contributed by atoms with van der Waals surface area (Å²) < 4.78 is 48.6. The van der Waals surface area contributed by atoms with Gasteiger partial charge in [0.25, 0.3) is 0 Å². The molecule has 1 aliphatic heterocycles. The van der Waals surface area contributed by atoms with E-state index in [1.54, 1.807) is 4.90 Å². The van der Waals surface area contributed by atoms with E-state index in [2.05, 4.69) is 22.0 Å². The number of piperazine rings is 1. The van der Waals surface area contributed by atoms with Crippen molar-refractivity contribution in [2.24, 2.45) is 0 Å². The Morgan fingerprint density at radius 3 is 2.15 bits per heavy atom. The van der Waals surface area contributed by atoms with Crippen LogP contribution >= 0.6 is 0 Å². The molecule has 0 atom stereocenters. The molecule has 3 rings (SSSR count). The van der Waals surface area contributed by atoms with Crippen molar-refractivity contribution in [2.45, 2.75) is 45.5 Å². The molecule has 2 heterocycles. The van der Waals surface area contributed by atoms with Crippen LogP contribution in [0.2, 0.25) is 0 Å². The summed E-state index contributed by atoms with van der Waals surface area (Å²) in [5, 5.41) is 0. The number of nitrogens with zero attached hydrogens (tertiary/aromatic N) is 3. The summed E-state index contributed by atoms with van der Waals surface area (Å²) in [4.78, 5) is 19.9. The molecule has 1 fully saturated rings. The van der Waals surface area contributed by atoms with Gasteiger partial charge in [0.2, 0.25) is 5.88 Å². The molecule has 1 aromatic carbocycles. The molecule has 6 nitrogen and oxygen atoms in total. The van der Waals surface area contributed by atoms with E-state index in [1.165, 1.54) is 11.6 Å². The lowest BCUT2D eigenvalue weighted by atomic mass is 10.1. The molecule has 0 radical (unpaired) electrons. The monoisotopic (exact) mass is 465 g/mol. The third kappa shape index (κ3) is 7.92. The van der Waals surface area contributed by atoms with Gasteiger partial charge < -0.3 is 14.4 Å². The summed E-state index contributed by atoms with van der Waals surface area (Å²) in [5.74, 6) is 0.171. The Bertz CT molecular complexity index is 902. The molecule has 0 aliphatic carbocycles. The van der Waals surface area contributed by atoms with Gasteiger partial charge in [-0.05, 0) is 38.0 Å². The SMILES string of the molecule is CC(C)(C)OC(=O)N1CCN(Cc2ccc(CCOc3ccc(C(F)(F)F)cn3)cc2)CC1. The van der Waals surface area contributed by atoms with Crippen LogP contribution in [0.15, 0.2) is 42.6 Å². The summed E-state index contributed by atoms with van der Waals surface area (Å²) in [6.45, 7) is 9.57. The highest BCUT2D eigenvalue weighted by atomic mass is 19.4. The second-order valence-corrected chi connectivity index (χ2v) is 9.04. The number of carbonyl (C=O) groups excluding carboxylic acids is 1. The molecule has 33 heavy (non-hydrogen) atoms. The highest BCUT2D eigenvalue weighted by Gasteiger charge is 2.30. The number of aromatic nitrogens is 1. The Balaban J connectivity index is 1.39. The van der Waals surface area contributed by atoms with Gasteiger partial charge in [0.05, 0.1) is 12.2 Å². The summed E-state index contributed by atoms with van der Waals surface area (Å²) in [7, 11) is 0. The maximum absolute atomic E-state index is 12.6. The minimum absolute atomic E-state index is 0.171. The average Bonchev–Trinajstić information content (AvgIpc) is 2.74. The van der Waals surface area contributed by atoms with Crippen molar-refractivity contribution < 1.29 is 27.4 Å². The summed E-state index contributed by atoms with van der Waals surface area (Å²) >= 11 is 0. The van der Waals surface area contributed by atoms with E-state index in [0.29, 0.717) is 26.1 Å². The lowest BCUT2D eigenvalue weighted by Crippen LogP contribution is -2.49. The second kappa shape index (κ2) is 10.4. The van der Waals surface area contributed by atoms with Crippen LogP contribution in [0.5, 0.6) is 5.88 Å². The largest absolute Gasteiger partial charge is 0.477 e. The summed E-state index contributed by atoms with van der Waals surface area (Å²) in [5.41, 5.74) is 0.960. The van der Waals surface area contributed by atoms with Gasteiger partial charge in [-0.1, -0.05) is 24.3 Å². The zero-order valence-corrected chi connectivity index (χ0v) is 19.2. The van der Waals surface area contributed by atoms with E-state index in [4.69, 9.17) is 9.47 Å². The lowest BCUT2D eigenvalue weighted by Gasteiger charge is -2.35. The van der Waals surface area contributed by atoms with Crippen LogP contribution in [0.25, 0.3) is 0 Å². The molecule has 0 spiro atoms. The van der Waals surface area contributed by atoms with Gasteiger partial charge in [-0.15, -0.1) is 0 Å². The standard InChI is InChI=1S/C24H30F3N3O3/c1-23(2,3)33-22(31)30-13-11-29(12-14-30)17-19-6-4-18(5-7-19)10-15-32-21-9-8-20(16-28-21)24(25,26)27/h4-9,16H,10-15,17H2,1-3H3. The van der Waals surface area contributed by atoms with Crippen LogP contribution in [0, 0.1) is 0 Å². The van der Waals surface area contributed by atoms with Gasteiger partial charge in [0.1, 0.15) is 5.60 Å². The first-order chi connectivity index (χ1) is 15.5. The molecule has 0 N–H and O–H groups in total. The van der Waals surface area contributed by atoms with Gasteiger partial charge in [-0.2, -0.15) is 13.2 Å². The molecule has 1 aromatic heterocycles. The van der Waals surface area contributed by atoms with Gasteiger partial charge in [0, 0.05) is 51.4 Å². The summed E-state index contributed by atoms with van der Waals surface area (Å²) in [6, 6.07) is 10.4. The first kappa shape index (κ1) is 24.8. The highest BCUT2D eigenvalue weighted by Crippen LogP contribution is 2.29. The fourth-order valence-corrected chi connectivity index (χ4v) is 3.39. The molecule has 0 bridgehead atoms. The molecule has 1 aliphatic rings. The molecule has 9 heteroatoms. The molecule has 180 valence electrons. The van der Waals surface area contributed by atoms with Crippen molar-refractivity contribution in [3.63, 3.8) is 0 Å². The van der Waals surface area contributed by atoms with Crippen LogP contribution in [-0.2, 0) is 23.9 Å². The first-order valence-corrected chi connectivity index (χ1v) is 10.9. The van der Waals surface area contributed by atoms with Crippen LogP contribution in [-0.4, -0.2) is 59.3 Å². The smallest absolute Gasteiger partial charge is 0.417 e. The normalized spacial score (nSPS) is 15.4. The second-order valence-electron chi connectivity index (χ2n) is 9.04. The summed E-state index contributed by atoms with van der Waals surface area (Å²) in [6.07, 6.45) is -3.27. The fraction of sp³-hybridized carbons (Fsp3) is 0.500. The number of amides is 1. The number of rotatable bonds is 6. The molecule has 2 aromatic rings. The number of benzene rings is 1. The van der Waals surface area contributed by atoms with Crippen molar-refractivity contribution in [1.29, 1.82) is 0 Å². The Hall–Kier alpha value is -2.81. The number of hydrogen-bond acceptors (Lipinski definition) is 5. The number of alkyl halides is 3. The maximum Gasteiger partial charge on any atom is 0.417 e. The topological polar surface area (TPSA) is 54.9 Å². The van der Waals surface area contributed by atoms with Crippen molar-refractivity contribution in [3.8, 4) is 5.88 Å². The minimum Gasteiger partial charge on any atom is -0.477 e. The number of hydrogen-bond donors (Lipinski definition) is 0. The quantitative estimate of drug-likeness (QED) is 0.615. The van der Waals surface area contributed by atoms with Gasteiger partial charge in [-0.3, -0.25) is 4.90 Å². The third-order valence-corrected chi connectivity index (χ3v) is 5.16. The molecular formula is C24H30F3N3O3. The van der Waals surface area contributed by atoms with E-state index in [1.807, 2.05) is 32.9 Å². The predicted octanol–water partition coefficient (Wildman–Crippen LogP) is 4.77. The fourth-order valence-electron chi connectivity index (χ4n) is 3.39. The van der Waals surface area contributed by atoms with E-state index < -0.39 is 17.3 Å². The molecule has 0 unspecified atom stereocenters. The average molecular weight is 466 g/mol. The molecular weight excluding hydrogens is 435 g/mol. The van der Waals surface area contributed by atoms with Crippen LogP contribution < -0.4 is 4.74 Å². The lowest BCUT2D eigenvalue weighted by molar-refractivity contribution is -0.137. The predicted molar refractivity (Wildman–Crippen MR) is 118 cm³/mol. The van der Waals surface area contributed by atoms with Crippen LogP contribution in [0.1, 0.15) is 37.5 Å². The van der Waals surface area contributed by atoms with Crippen molar-refractivity contribution in [3.05, 3.63) is 59.3 Å². The maximum atomic E-state index is 12.6. The highest BCUT2D eigenvalue weighted by molar-refractivity contribution is 5.68. The van der Waals surface area contributed by atoms with Gasteiger partial charge >= 0.3 is 12.3 Å². The van der Waals surface area contributed by atoms with E-state index in [-0.39, 0.29) is 12.0 Å². The molecule has 1 saturated heterocycles. The minimum atomic E-state index is -4.40. The number of carbonyl (C=O) groups is 1. The Morgan fingerprint density at radius 2 is 1.61 bits per heavy atom. The van der Waals surface area contributed by atoms with Crippen molar-refractivity contribution in [2.75, 3.05) is 32.8 Å². The van der Waals surface area contributed by atoms with E-state index in [9.17, 15) is 18.0 Å². The number of ether oxygens (including phenoxy) is 2. The molecule has 1 amide bonds.